The average Bonchev–Trinajstić information content (AvgIpc) is 3.12. The Morgan fingerprint density at radius 3 is 2.89 bits per heavy atom. The van der Waals surface area contributed by atoms with Crippen molar-refractivity contribution in [2.45, 2.75) is 32.2 Å². The molecule has 0 aromatic heterocycles. The van der Waals surface area contributed by atoms with E-state index < -0.39 is 0 Å². The largest absolute Gasteiger partial charge is 0.467 e. The fourth-order valence-corrected chi connectivity index (χ4v) is 2.04. The van der Waals surface area contributed by atoms with Gasteiger partial charge in [-0.3, -0.25) is 0 Å². The first kappa shape index (κ1) is 13.7. The van der Waals surface area contributed by atoms with Crippen LogP contribution in [0.1, 0.15) is 25.3 Å². The van der Waals surface area contributed by atoms with Crippen LogP contribution in [0, 0.1) is 5.92 Å². The highest BCUT2D eigenvalue weighted by Crippen LogP contribution is 2.30. The van der Waals surface area contributed by atoms with Gasteiger partial charge in [-0.1, -0.05) is 17.7 Å². The van der Waals surface area contributed by atoms with E-state index in [2.05, 4.69) is 0 Å². The molecule has 1 unspecified atom stereocenters. The molecular weight excluding hydrogens is 250 g/mol. The van der Waals surface area contributed by atoms with Gasteiger partial charge in [0, 0.05) is 16.6 Å². The smallest absolute Gasteiger partial charge is 0.189 e. The molecule has 0 heterocycles. The molecule has 1 aliphatic carbocycles. The molecule has 1 aromatic carbocycles. The van der Waals surface area contributed by atoms with Crippen LogP contribution < -0.4 is 10.5 Å². The highest BCUT2D eigenvalue weighted by atomic mass is 35.5. The van der Waals surface area contributed by atoms with E-state index in [1.807, 2.05) is 25.1 Å². The Morgan fingerprint density at radius 2 is 2.22 bits per heavy atom. The number of benzene rings is 1. The van der Waals surface area contributed by atoms with Crippen molar-refractivity contribution in [2.75, 3.05) is 13.4 Å². The van der Waals surface area contributed by atoms with Crippen LogP contribution in [0.3, 0.4) is 0 Å². The number of halogens is 1. The highest BCUT2D eigenvalue weighted by Gasteiger charge is 2.21. The summed E-state index contributed by atoms with van der Waals surface area (Å²) in [6.07, 6.45) is 3.28. The van der Waals surface area contributed by atoms with Crippen LogP contribution in [0.5, 0.6) is 5.75 Å². The van der Waals surface area contributed by atoms with Crippen LogP contribution in [0.4, 0.5) is 0 Å². The zero-order valence-electron chi connectivity index (χ0n) is 10.7. The molecule has 1 aliphatic rings. The van der Waals surface area contributed by atoms with E-state index in [-0.39, 0.29) is 12.8 Å². The predicted molar refractivity (Wildman–Crippen MR) is 73.0 cm³/mol. The Hall–Kier alpha value is -0.770. The highest BCUT2D eigenvalue weighted by molar-refractivity contribution is 6.31. The molecule has 0 radical (unpaired) electrons. The minimum absolute atomic E-state index is 0.0552. The molecule has 4 heteroatoms. The second-order valence-corrected chi connectivity index (χ2v) is 5.38. The van der Waals surface area contributed by atoms with Crippen LogP contribution in [0.15, 0.2) is 18.2 Å². The Balaban J connectivity index is 1.90. The third kappa shape index (κ3) is 4.16. The third-order valence-corrected chi connectivity index (χ3v) is 3.30. The molecule has 18 heavy (non-hydrogen) atoms. The lowest BCUT2D eigenvalue weighted by Crippen LogP contribution is -2.19. The second-order valence-electron chi connectivity index (χ2n) is 4.97. The molecule has 0 amide bonds. The van der Waals surface area contributed by atoms with Gasteiger partial charge in [0.25, 0.3) is 0 Å². The lowest BCUT2D eigenvalue weighted by atomic mass is 10.1. The van der Waals surface area contributed by atoms with Gasteiger partial charge < -0.3 is 15.2 Å². The number of rotatable bonds is 7. The quantitative estimate of drug-likeness (QED) is 0.611. The van der Waals surface area contributed by atoms with Crippen molar-refractivity contribution in [2.24, 2.45) is 11.7 Å². The molecule has 1 aromatic rings. The van der Waals surface area contributed by atoms with E-state index in [4.69, 9.17) is 26.8 Å². The van der Waals surface area contributed by atoms with Gasteiger partial charge >= 0.3 is 0 Å². The normalized spacial score (nSPS) is 16.6. The Labute approximate surface area is 113 Å². The Morgan fingerprint density at radius 1 is 1.44 bits per heavy atom. The number of nitrogens with two attached hydrogens (primary N) is 1. The summed E-state index contributed by atoms with van der Waals surface area (Å²) in [4.78, 5) is 0. The first-order valence-electron chi connectivity index (χ1n) is 6.40. The lowest BCUT2D eigenvalue weighted by Gasteiger charge is -2.14. The number of ether oxygens (including phenoxy) is 2. The Bertz CT molecular complexity index is 391. The first-order chi connectivity index (χ1) is 8.66. The van der Waals surface area contributed by atoms with Crippen molar-refractivity contribution in [1.29, 1.82) is 0 Å². The molecule has 0 bridgehead atoms. The maximum atomic E-state index is 6.17. The predicted octanol–water partition coefficient (Wildman–Crippen LogP) is 2.99. The zero-order valence-corrected chi connectivity index (χ0v) is 11.5. The summed E-state index contributed by atoms with van der Waals surface area (Å²) in [5.74, 6) is 1.52. The molecule has 0 aliphatic heterocycles. The third-order valence-electron chi connectivity index (χ3n) is 2.95. The summed E-state index contributed by atoms with van der Waals surface area (Å²) in [6.45, 7) is 3.03. The summed E-state index contributed by atoms with van der Waals surface area (Å²) >= 11 is 6.17. The van der Waals surface area contributed by atoms with E-state index in [0.717, 1.165) is 23.8 Å². The maximum Gasteiger partial charge on any atom is 0.189 e. The van der Waals surface area contributed by atoms with Crippen molar-refractivity contribution in [3.8, 4) is 5.75 Å². The van der Waals surface area contributed by atoms with Crippen LogP contribution in [0.25, 0.3) is 0 Å². The van der Waals surface area contributed by atoms with Crippen molar-refractivity contribution < 1.29 is 9.47 Å². The first-order valence-corrected chi connectivity index (χ1v) is 6.78. The number of hydrogen-bond donors (Lipinski definition) is 1. The van der Waals surface area contributed by atoms with Crippen LogP contribution in [-0.4, -0.2) is 19.4 Å². The van der Waals surface area contributed by atoms with E-state index in [1.54, 1.807) is 0 Å². The van der Waals surface area contributed by atoms with Gasteiger partial charge in [0.1, 0.15) is 5.75 Å². The fourth-order valence-electron chi connectivity index (χ4n) is 1.80. The van der Waals surface area contributed by atoms with Gasteiger partial charge in [0.15, 0.2) is 6.79 Å². The Kier molecular flexibility index (Phi) is 4.87. The van der Waals surface area contributed by atoms with Crippen LogP contribution in [0.2, 0.25) is 5.02 Å². The van der Waals surface area contributed by atoms with E-state index in [1.165, 1.54) is 12.8 Å². The molecule has 0 spiro atoms. The SMILES string of the molecule is CC(N)Cc1c(Cl)cccc1OCOCC1CC1. The molecule has 2 N–H and O–H groups in total. The molecule has 100 valence electrons. The van der Waals surface area contributed by atoms with Crippen LogP contribution in [-0.2, 0) is 11.2 Å². The maximum absolute atomic E-state index is 6.17. The summed E-state index contributed by atoms with van der Waals surface area (Å²) in [5.41, 5.74) is 6.78. The molecule has 0 saturated heterocycles. The topological polar surface area (TPSA) is 44.5 Å². The fraction of sp³-hybridized carbons (Fsp3) is 0.571. The minimum atomic E-state index is 0.0552. The van der Waals surface area contributed by atoms with E-state index in [9.17, 15) is 0 Å². The molecule has 1 fully saturated rings. The summed E-state index contributed by atoms with van der Waals surface area (Å²) < 4.78 is 11.1. The van der Waals surface area contributed by atoms with Crippen LogP contribution >= 0.6 is 11.6 Å². The van der Waals surface area contributed by atoms with Crippen molar-refractivity contribution in [3.05, 3.63) is 28.8 Å². The second kappa shape index (κ2) is 6.41. The standard InChI is InChI=1S/C14H20ClNO2/c1-10(16)7-12-13(15)3-2-4-14(12)18-9-17-8-11-5-6-11/h2-4,10-11H,5-9,16H2,1H3. The number of hydrogen-bond acceptors (Lipinski definition) is 3. The zero-order chi connectivity index (χ0) is 13.0. The monoisotopic (exact) mass is 269 g/mol. The molecule has 1 saturated carbocycles. The lowest BCUT2D eigenvalue weighted by molar-refractivity contribution is 0.00944. The van der Waals surface area contributed by atoms with Crippen molar-refractivity contribution in [1.82, 2.24) is 0 Å². The van der Waals surface area contributed by atoms with Crippen molar-refractivity contribution in [3.63, 3.8) is 0 Å². The van der Waals surface area contributed by atoms with E-state index in [0.29, 0.717) is 11.4 Å². The van der Waals surface area contributed by atoms with Gasteiger partial charge in [-0.25, -0.2) is 0 Å². The average molecular weight is 270 g/mol. The van der Waals surface area contributed by atoms with Gasteiger partial charge in [0.2, 0.25) is 0 Å². The molecule has 1 atom stereocenters. The summed E-state index contributed by atoms with van der Waals surface area (Å²) in [7, 11) is 0. The molecular formula is C14H20ClNO2. The minimum Gasteiger partial charge on any atom is -0.467 e. The molecule has 3 nitrogen and oxygen atoms in total. The van der Waals surface area contributed by atoms with E-state index >= 15 is 0 Å². The van der Waals surface area contributed by atoms with Gasteiger partial charge in [0.05, 0.1) is 6.61 Å². The van der Waals surface area contributed by atoms with Gasteiger partial charge in [-0.15, -0.1) is 0 Å². The van der Waals surface area contributed by atoms with Gasteiger partial charge in [-0.2, -0.15) is 0 Å². The van der Waals surface area contributed by atoms with Crippen molar-refractivity contribution >= 4 is 11.6 Å². The van der Waals surface area contributed by atoms with Gasteiger partial charge in [-0.05, 0) is 44.2 Å². The summed E-state index contributed by atoms with van der Waals surface area (Å²) in [5, 5.41) is 0.701. The molecule has 2 rings (SSSR count). The summed E-state index contributed by atoms with van der Waals surface area (Å²) in [6, 6.07) is 5.70.